The number of nitrogens with one attached hydrogen (secondary N) is 1. The predicted molar refractivity (Wildman–Crippen MR) is 72.6 cm³/mol. The van der Waals surface area contributed by atoms with Gasteiger partial charge in [-0.1, -0.05) is 19.0 Å². The van der Waals surface area contributed by atoms with Gasteiger partial charge in [-0.15, -0.1) is 0 Å². The summed E-state index contributed by atoms with van der Waals surface area (Å²) in [7, 11) is 4.09. The Kier molecular flexibility index (Phi) is 6.90. The lowest BCUT2D eigenvalue weighted by atomic mass is 10.1. The Morgan fingerprint density at radius 2 is 2.11 bits per heavy atom. The third kappa shape index (κ3) is 5.60. The molecule has 0 bridgehead atoms. The maximum atomic E-state index is 5.29. The molecule has 1 aromatic heterocycles. The van der Waals surface area contributed by atoms with E-state index in [1.165, 1.54) is 0 Å². The van der Waals surface area contributed by atoms with Crippen molar-refractivity contribution in [2.75, 3.05) is 27.2 Å². The van der Waals surface area contributed by atoms with Gasteiger partial charge in [-0.2, -0.15) is 4.98 Å². The van der Waals surface area contributed by atoms with E-state index in [4.69, 9.17) is 4.52 Å². The number of rotatable bonds is 9. The minimum absolute atomic E-state index is 0.437. The number of hydrogen-bond acceptors (Lipinski definition) is 5. The van der Waals surface area contributed by atoms with Crippen molar-refractivity contribution in [3.05, 3.63) is 11.7 Å². The van der Waals surface area contributed by atoms with Gasteiger partial charge in [-0.25, -0.2) is 0 Å². The van der Waals surface area contributed by atoms with Crippen LogP contribution in [0.15, 0.2) is 4.52 Å². The molecular weight excluding hydrogens is 228 g/mol. The molecule has 5 nitrogen and oxygen atoms in total. The molecule has 0 fully saturated rings. The summed E-state index contributed by atoms with van der Waals surface area (Å²) < 4.78 is 5.29. The lowest BCUT2D eigenvalue weighted by Gasteiger charge is -2.13. The third-order valence-electron chi connectivity index (χ3n) is 2.89. The fraction of sp³-hybridized carbons (Fsp3) is 0.846. The van der Waals surface area contributed by atoms with E-state index in [2.05, 4.69) is 34.2 Å². The van der Waals surface area contributed by atoms with Crippen molar-refractivity contribution >= 4 is 0 Å². The summed E-state index contributed by atoms with van der Waals surface area (Å²) in [5.41, 5.74) is 0. The van der Waals surface area contributed by atoms with Crippen LogP contribution in [0.2, 0.25) is 0 Å². The van der Waals surface area contributed by atoms with Gasteiger partial charge in [0.2, 0.25) is 5.89 Å². The standard InChI is InChI=1S/C13H26N4O/c1-5-8-14-11(6-2)10-13-15-12(16-18-13)7-9-17(3)4/h11,14H,5-10H2,1-4H3. The molecule has 1 N–H and O–H groups in total. The van der Waals surface area contributed by atoms with Crippen molar-refractivity contribution < 1.29 is 4.52 Å². The molecule has 18 heavy (non-hydrogen) atoms. The molecule has 0 amide bonds. The van der Waals surface area contributed by atoms with Crippen molar-refractivity contribution in [2.24, 2.45) is 0 Å². The molecule has 5 heteroatoms. The van der Waals surface area contributed by atoms with Gasteiger partial charge in [0.05, 0.1) is 0 Å². The number of aromatic nitrogens is 2. The monoisotopic (exact) mass is 254 g/mol. The summed E-state index contributed by atoms with van der Waals surface area (Å²) in [5.74, 6) is 1.56. The van der Waals surface area contributed by atoms with E-state index < -0.39 is 0 Å². The number of hydrogen-bond donors (Lipinski definition) is 1. The van der Waals surface area contributed by atoms with Gasteiger partial charge in [0.1, 0.15) is 0 Å². The molecule has 0 radical (unpaired) electrons. The number of likely N-dealkylation sites (N-methyl/N-ethyl adjacent to an activating group) is 1. The Morgan fingerprint density at radius 3 is 2.72 bits per heavy atom. The van der Waals surface area contributed by atoms with Crippen LogP contribution in [0.3, 0.4) is 0 Å². The van der Waals surface area contributed by atoms with Crippen LogP contribution in [0.4, 0.5) is 0 Å². The first-order valence-corrected chi connectivity index (χ1v) is 6.85. The first-order valence-electron chi connectivity index (χ1n) is 6.85. The van der Waals surface area contributed by atoms with E-state index in [9.17, 15) is 0 Å². The topological polar surface area (TPSA) is 54.2 Å². The lowest BCUT2D eigenvalue weighted by Crippen LogP contribution is -2.31. The van der Waals surface area contributed by atoms with Gasteiger partial charge in [-0.3, -0.25) is 0 Å². The van der Waals surface area contributed by atoms with Crippen LogP contribution in [-0.2, 0) is 12.8 Å². The predicted octanol–water partition coefficient (Wildman–Crippen LogP) is 1.49. The Morgan fingerprint density at radius 1 is 1.33 bits per heavy atom. The van der Waals surface area contributed by atoms with E-state index >= 15 is 0 Å². The molecule has 0 spiro atoms. The SMILES string of the molecule is CCCNC(CC)Cc1nc(CCN(C)C)no1. The molecule has 1 heterocycles. The second kappa shape index (κ2) is 8.21. The molecule has 0 aliphatic heterocycles. The van der Waals surface area contributed by atoms with Crippen molar-refractivity contribution in [3.8, 4) is 0 Å². The first-order chi connectivity index (χ1) is 8.65. The van der Waals surface area contributed by atoms with Crippen LogP contribution < -0.4 is 5.32 Å². The maximum absolute atomic E-state index is 5.29. The minimum Gasteiger partial charge on any atom is -0.339 e. The maximum Gasteiger partial charge on any atom is 0.228 e. The van der Waals surface area contributed by atoms with Gasteiger partial charge < -0.3 is 14.7 Å². The summed E-state index contributed by atoms with van der Waals surface area (Å²) >= 11 is 0. The average molecular weight is 254 g/mol. The molecule has 0 aliphatic rings. The zero-order valence-electron chi connectivity index (χ0n) is 12.1. The van der Waals surface area contributed by atoms with Gasteiger partial charge >= 0.3 is 0 Å². The zero-order chi connectivity index (χ0) is 13.4. The van der Waals surface area contributed by atoms with Crippen molar-refractivity contribution in [1.82, 2.24) is 20.4 Å². The summed E-state index contributed by atoms with van der Waals surface area (Å²) in [5, 5.41) is 7.51. The van der Waals surface area contributed by atoms with Crippen LogP contribution in [0, 0.1) is 0 Å². The fourth-order valence-corrected chi connectivity index (χ4v) is 1.72. The van der Waals surface area contributed by atoms with Crippen LogP contribution in [0.5, 0.6) is 0 Å². The van der Waals surface area contributed by atoms with Crippen LogP contribution in [-0.4, -0.2) is 48.3 Å². The Hall–Kier alpha value is -0.940. The smallest absolute Gasteiger partial charge is 0.228 e. The highest BCUT2D eigenvalue weighted by atomic mass is 16.5. The summed E-state index contributed by atoms with van der Waals surface area (Å²) in [6.07, 6.45) is 3.89. The Labute approximate surface area is 110 Å². The average Bonchev–Trinajstić information content (AvgIpc) is 2.79. The molecule has 0 saturated heterocycles. The summed E-state index contributed by atoms with van der Waals surface area (Å²) in [4.78, 5) is 6.55. The quantitative estimate of drug-likeness (QED) is 0.723. The summed E-state index contributed by atoms with van der Waals surface area (Å²) in [6, 6.07) is 0.437. The molecule has 0 aromatic carbocycles. The van der Waals surface area contributed by atoms with Crippen LogP contribution in [0.25, 0.3) is 0 Å². The zero-order valence-corrected chi connectivity index (χ0v) is 12.1. The van der Waals surface area contributed by atoms with Crippen molar-refractivity contribution in [3.63, 3.8) is 0 Å². The first kappa shape index (κ1) is 15.1. The minimum atomic E-state index is 0.437. The highest BCUT2D eigenvalue weighted by Crippen LogP contribution is 2.05. The molecule has 1 aromatic rings. The Bertz CT molecular complexity index is 325. The van der Waals surface area contributed by atoms with Crippen molar-refractivity contribution in [2.45, 2.75) is 45.6 Å². The lowest BCUT2D eigenvalue weighted by molar-refractivity contribution is 0.347. The molecule has 1 rings (SSSR count). The second-order valence-corrected chi connectivity index (χ2v) is 4.92. The van der Waals surface area contributed by atoms with Gasteiger partial charge in [0.15, 0.2) is 5.82 Å². The molecule has 1 atom stereocenters. The molecule has 1 unspecified atom stereocenters. The highest BCUT2D eigenvalue weighted by Gasteiger charge is 2.12. The van der Waals surface area contributed by atoms with E-state index in [-0.39, 0.29) is 0 Å². The highest BCUT2D eigenvalue weighted by molar-refractivity contribution is 4.90. The van der Waals surface area contributed by atoms with Gasteiger partial charge in [0.25, 0.3) is 0 Å². The van der Waals surface area contributed by atoms with Gasteiger partial charge in [-0.05, 0) is 33.5 Å². The van der Waals surface area contributed by atoms with Gasteiger partial charge in [0, 0.05) is 25.4 Å². The third-order valence-corrected chi connectivity index (χ3v) is 2.89. The van der Waals surface area contributed by atoms with Crippen LogP contribution in [0.1, 0.15) is 38.4 Å². The second-order valence-electron chi connectivity index (χ2n) is 4.92. The van der Waals surface area contributed by atoms with E-state index in [0.29, 0.717) is 6.04 Å². The van der Waals surface area contributed by atoms with Crippen molar-refractivity contribution in [1.29, 1.82) is 0 Å². The molecule has 0 aliphatic carbocycles. The van der Waals surface area contributed by atoms with E-state index in [1.54, 1.807) is 0 Å². The number of nitrogens with zero attached hydrogens (tertiary/aromatic N) is 3. The Balaban J connectivity index is 2.41. The normalized spacial score (nSPS) is 13.2. The van der Waals surface area contributed by atoms with Crippen LogP contribution >= 0.6 is 0 Å². The largest absolute Gasteiger partial charge is 0.339 e. The molecular formula is C13H26N4O. The van der Waals surface area contributed by atoms with E-state index in [1.807, 2.05) is 14.1 Å². The van der Waals surface area contributed by atoms with E-state index in [0.717, 1.165) is 50.5 Å². The fourth-order valence-electron chi connectivity index (χ4n) is 1.72. The molecule has 0 saturated carbocycles. The summed E-state index contributed by atoms with van der Waals surface area (Å²) in [6.45, 7) is 6.34. The molecule has 104 valence electrons.